The molecule has 0 saturated heterocycles. The third-order valence-corrected chi connectivity index (χ3v) is 2.00. The zero-order valence-electron chi connectivity index (χ0n) is 7.45. The van der Waals surface area contributed by atoms with Crippen LogP contribution >= 0.6 is 0 Å². The molecular weight excluding hydrogens is 156 g/mol. The van der Waals surface area contributed by atoms with E-state index < -0.39 is 6.03 Å². The number of nitrogens with zero attached hydrogens (tertiary/aromatic N) is 1. The van der Waals surface area contributed by atoms with Gasteiger partial charge in [-0.15, -0.1) is 0 Å². The van der Waals surface area contributed by atoms with Crippen LogP contribution in [0.15, 0.2) is 0 Å². The van der Waals surface area contributed by atoms with Gasteiger partial charge >= 0.3 is 6.03 Å². The number of hydrogen-bond donors (Lipinski definition) is 1. The molecule has 0 bridgehead atoms. The molecule has 2 amide bonds. The van der Waals surface area contributed by atoms with E-state index in [1.165, 1.54) is 17.7 Å². The molecule has 1 aliphatic carbocycles. The van der Waals surface area contributed by atoms with Crippen LogP contribution < -0.4 is 5.73 Å². The minimum atomic E-state index is -0.398. The first-order chi connectivity index (χ1) is 5.70. The monoisotopic (exact) mass is 172 g/mol. The van der Waals surface area contributed by atoms with Crippen molar-refractivity contribution in [2.75, 3.05) is 26.8 Å². The summed E-state index contributed by atoms with van der Waals surface area (Å²) in [4.78, 5) is 12.0. The highest BCUT2D eigenvalue weighted by Gasteiger charge is 2.20. The quantitative estimate of drug-likeness (QED) is 0.611. The Kier molecular flexibility index (Phi) is 3.34. The van der Waals surface area contributed by atoms with Gasteiger partial charge in [0.2, 0.25) is 0 Å². The van der Waals surface area contributed by atoms with E-state index in [9.17, 15) is 4.79 Å². The van der Waals surface area contributed by atoms with Crippen LogP contribution in [-0.2, 0) is 4.74 Å². The average Bonchev–Trinajstić information content (AvgIpc) is 2.80. The molecule has 0 atom stereocenters. The highest BCUT2D eigenvalue weighted by atomic mass is 16.5. The van der Waals surface area contributed by atoms with E-state index >= 15 is 0 Å². The summed E-state index contributed by atoms with van der Waals surface area (Å²) in [6.45, 7) is 2.02. The van der Waals surface area contributed by atoms with Crippen LogP contribution in [0.3, 0.4) is 0 Å². The molecule has 0 aromatic heterocycles. The maximum atomic E-state index is 10.5. The molecule has 2 N–H and O–H groups in total. The van der Waals surface area contributed by atoms with Crippen LogP contribution in [0.5, 0.6) is 0 Å². The second kappa shape index (κ2) is 4.30. The number of rotatable bonds is 5. The Morgan fingerprint density at radius 2 is 2.33 bits per heavy atom. The van der Waals surface area contributed by atoms with Gasteiger partial charge in [0.1, 0.15) is 0 Å². The Bertz CT molecular complexity index is 157. The first kappa shape index (κ1) is 9.32. The fourth-order valence-electron chi connectivity index (χ4n) is 0.846. The largest absolute Gasteiger partial charge is 0.379 e. The molecule has 70 valence electrons. The van der Waals surface area contributed by atoms with Crippen molar-refractivity contribution in [3.63, 3.8) is 0 Å². The van der Waals surface area contributed by atoms with Crippen molar-refractivity contribution in [1.82, 2.24) is 4.90 Å². The minimum absolute atomic E-state index is 0.398. The Hall–Kier alpha value is -0.770. The van der Waals surface area contributed by atoms with Crippen LogP contribution in [-0.4, -0.2) is 37.7 Å². The van der Waals surface area contributed by atoms with Crippen molar-refractivity contribution < 1.29 is 9.53 Å². The zero-order chi connectivity index (χ0) is 8.97. The van der Waals surface area contributed by atoms with Crippen LogP contribution in [0.25, 0.3) is 0 Å². The van der Waals surface area contributed by atoms with E-state index in [0.717, 1.165) is 12.5 Å². The molecule has 0 unspecified atom stereocenters. The summed E-state index contributed by atoms with van der Waals surface area (Å²) in [6, 6.07) is -0.398. The molecule has 1 saturated carbocycles. The number of likely N-dealkylation sites (N-methyl/N-ethyl adjacent to an activating group) is 1. The van der Waals surface area contributed by atoms with Crippen molar-refractivity contribution in [3.8, 4) is 0 Å². The molecule has 1 aliphatic rings. The minimum Gasteiger partial charge on any atom is -0.379 e. The number of primary amides is 1. The standard InChI is InChI=1S/C8H16N2O2/c1-10(8(9)11)4-5-12-6-7-2-3-7/h7H,2-6H2,1H3,(H2,9,11). The molecule has 0 radical (unpaired) electrons. The van der Waals surface area contributed by atoms with Crippen molar-refractivity contribution in [3.05, 3.63) is 0 Å². The Morgan fingerprint density at radius 1 is 1.67 bits per heavy atom. The van der Waals surface area contributed by atoms with Gasteiger partial charge in [0, 0.05) is 20.2 Å². The van der Waals surface area contributed by atoms with E-state index in [1.807, 2.05) is 0 Å². The van der Waals surface area contributed by atoms with Gasteiger partial charge in [-0.25, -0.2) is 4.79 Å². The van der Waals surface area contributed by atoms with E-state index in [-0.39, 0.29) is 0 Å². The van der Waals surface area contributed by atoms with Gasteiger partial charge in [0.25, 0.3) is 0 Å². The molecule has 0 aromatic rings. The predicted molar refractivity (Wildman–Crippen MR) is 45.8 cm³/mol. The van der Waals surface area contributed by atoms with Gasteiger partial charge in [-0.2, -0.15) is 0 Å². The number of urea groups is 1. The molecule has 0 aromatic carbocycles. The Morgan fingerprint density at radius 3 is 2.83 bits per heavy atom. The summed E-state index contributed by atoms with van der Waals surface area (Å²) in [7, 11) is 1.67. The topological polar surface area (TPSA) is 55.6 Å². The molecule has 4 nitrogen and oxygen atoms in total. The second-order valence-electron chi connectivity index (χ2n) is 3.28. The smallest absolute Gasteiger partial charge is 0.314 e. The summed E-state index contributed by atoms with van der Waals surface area (Å²) in [5.74, 6) is 0.781. The molecule has 0 spiro atoms. The number of hydrogen-bond acceptors (Lipinski definition) is 2. The van der Waals surface area contributed by atoms with Crippen molar-refractivity contribution >= 4 is 6.03 Å². The second-order valence-corrected chi connectivity index (χ2v) is 3.28. The van der Waals surface area contributed by atoms with Gasteiger partial charge < -0.3 is 15.4 Å². The molecule has 0 aliphatic heterocycles. The molecular formula is C8H16N2O2. The maximum Gasteiger partial charge on any atom is 0.314 e. The third kappa shape index (κ3) is 3.57. The summed E-state index contributed by atoms with van der Waals surface area (Å²) >= 11 is 0. The first-order valence-electron chi connectivity index (χ1n) is 4.28. The molecule has 12 heavy (non-hydrogen) atoms. The van der Waals surface area contributed by atoms with E-state index in [2.05, 4.69) is 0 Å². The van der Waals surface area contributed by atoms with Crippen LogP contribution in [0.4, 0.5) is 4.79 Å². The summed E-state index contributed by atoms with van der Waals surface area (Å²) in [5, 5.41) is 0. The molecule has 1 rings (SSSR count). The lowest BCUT2D eigenvalue weighted by atomic mass is 10.5. The highest BCUT2D eigenvalue weighted by molar-refractivity contribution is 5.71. The molecule has 0 heterocycles. The van der Waals surface area contributed by atoms with Crippen LogP contribution in [0, 0.1) is 5.92 Å². The number of amides is 2. The third-order valence-electron chi connectivity index (χ3n) is 2.00. The normalized spacial score (nSPS) is 16.1. The van der Waals surface area contributed by atoms with Gasteiger partial charge in [-0.3, -0.25) is 0 Å². The molecule has 1 fully saturated rings. The summed E-state index contributed by atoms with van der Waals surface area (Å²) in [5.41, 5.74) is 5.02. The van der Waals surface area contributed by atoms with E-state index in [1.54, 1.807) is 7.05 Å². The van der Waals surface area contributed by atoms with E-state index in [4.69, 9.17) is 10.5 Å². The fraction of sp³-hybridized carbons (Fsp3) is 0.875. The number of carbonyl (C=O) groups excluding carboxylic acids is 1. The summed E-state index contributed by atoms with van der Waals surface area (Å²) < 4.78 is 5.33. The SMILES string of the molecule is CN(CCOCC1CC1)C(N)=O. The lowest BCUT2D eigenvalue weighted by molar-refractivity contribution is 0.109. The maximum absolute atomic E-state index is 10.5. The van der Waals surface area contributed by atoms with Crippen molar-refractivity contribution in [2.45, 2.75) is 12.8 Å². The highest BCUT2D eigenvalue weighted by Crippen LogP contribution is 2.28. The van der Waals surface area contributed by atoms with Gasteiger partial charge in [-0.1, -0.05) is 0 Å². The predicted octanol–water partition coefficient (Wildman–Crippen LogP) is 0.424. The van der Waals surface area contributed by atoms with Crippen LogP contribution in [0.1, 0.15) is 12.8 Å². The number of ether oxygens (including phenoxy) is 1. The lowest BCUT2D eigenvalue weighted by Gasteiger charge is -2.13. The van der Waals surface area contributed by atoms with Gasteiger partial charge in [0.05, 0.1) is 6.61 Å². The first-order valence-corrected chi connectivity index (χ1v) is 4.28. The number of nitrogens with two attached hydrogens (primary N) is 1. The van der Waals surface area contributed by atoms with Gasteiger partial charge in [-0.05, 0) is 18.8 Å². The molecule has 4 heteroatoms. The van der Waals surface area contributed by atoms with E-state index in [0.29, 0.717) is 13.2 Å². The number of carbonyl (C=O) groups is 1. The average molecular weight is 172 g/mol. The van der Waals surface area contributed by atoms with Gasteiger partial charge in [0.15, 0.2) is 0 Å². The Labute approximate surface area is 72.7 Å². The van der Waals surface area contributed by atoms with Crippen molar-refractivity contribution in [2.24, 2.45) is 11.7 Å². The zero-order valence-corrected chi connectivity index (χ0v) is 7.45. The van der Waals surface area contributed by atoms with Crippen molar-refractivity contribution in [1.29, 1.82) is 0 Å². The van der Waals surface area contributed by atoms with Crippen LogP contribution in [0.2, 0.25) is 0 Å². The lowest BCUT2D eigenvalue weighted by Crippen LogP contribution is -2.34. The fourth-order valence-corrected chi connectivity index (χ4v) is 0.846. The Balaban J connectivity index is 1.89. The summed E-state index contributed by atoms with van der Waals surface area (Å²) in [6.07, 6.45) is 2.59.